The highest BCUT2D eigenvalue weighted by Gasteiger charge is 2.21. The molecule has 0 aliphatic heterocycles. The van der Waals surface area contributed by atoms with Crippen LogP contribution in [0, 0.1) is 10.1 Å². The van der Waals surface area contributed by atoms with Gasteiger partial charge in [0.1, 0.15) is 5.69 Å². The number of hydrogen-bond donors (Lipinski definition) is 2. The molecule has 8 nitrogen and oxygen atoms in total. The van der Waals surface area contributed by atoms with Crippen molar-refractivity contribution in [3.63, 3.8) is 0 Å². The van der Waals surface area contributed by atoms with Gasteiger partial charge in [-0.15, -0.1) is 0 Å². The molecule has 1 heterocycles. The summed E-state index contributed by atoms with van der Waals surface area (Å²) in [6.45, 7) is 1.09. The molecule has 0 aliphatic rings. The van der Waals surface area contributed by atoms with Crippen LogP contribution in [-0.2, 0) is 6.42 Å². The van der Waals surface area contributed by atoms with Gasteiger partial charge in [-0.3, -0.25) is 10.1 Å². The zero-order chi connectivity index (χ0) is 15.8. The van der Waals surface area contributed by atoms with Gasteiger partial charge >= 0.3 is 5.69 Å². The van der Waals surface area contributed by atoms with Gasteiger partial charge in [0.25, 0.3) is 0 Å². The lowest BCUT2D eigenvalue weighted by Crippen LogP contribution is -2.12. The molecule has 8 heteroatoms. The maximum atomic E-state index is 11.0. The van der Waals surface area contributed by atoms with Crippen molar-refractivity contribution >= 4 is 17.5 Å². The molecule has 0 radical (unpaired) electrons. The Balaban J connectivity index is 2.43. The van der Waals surface area contributed by atoms with Crippen LogP contribution in [0.2, 0.25) is 0 Å². The number of aromatic nitrogens is 2. The maximum absolute atomic E-state index is 11.0. The van der Waals surface area contributed by atoms with Crippen LogP contribution in [-0.4, -0.2) is 40.4 Å². The van der Waals surface area contributed by atoms with Crippen LogP contribution in [0.5, 0.6) is 0 Å². The molecular formula is C13H24N6O2. The molecule has 1 rings (SSSR count). The third-order valence-electron chi connectivity index (χ3n) is 3.20. The van der Waals surface area contributed by atoms with Crippen LogP contribution in [0.1, 0.15) is 37.8 Å². The first-order valence-electron chi connectivity index (χ1n) is 7.12. The first kappa shape index (κ1) is 17.1. The molecule has 0 spiro atoms. The van der Waals surface area contributed by atoms with Crippen molar-refractivity contribution in [1.29, 1.82) is 0 Å². The lowest BCUT2D eigenvalue weighted by Gasteiger charge is -2.08. The number of rotatable bonds is 9. The van der Waals surface area contributed by atoms with Gasteiger partial charge in [0, 0.05) is 0 Å². The topological polar surface area (TPSA) is 124 Å². The predicted molar refractivity (Wildman–Crippen MR) is 82.9 cm³/mol. The largest absolute Gasteiger partial charge is 0.378 e. The van der Waals surface area contributed by atoms with E-state index in [0.717, 1.165) is 32.2 Å². The maximum Gasteiger partial charge on any atom is 0.332 e. The van der Waals surface area contributed by atoms with Gasteiger partial charge in [-0.1, -0.05) is 19.3 Å². The molecule has 118 valence electrons. The fraction of sp³-hybridized carbons (Fsp3) is 0.692. The number of nitrogens with zero attached hydrogens (tertiary/aromatic N) is 4. The molecule has 21 heavy (non-hydrogen) atoms. The van der Waals surface area contributed by atoms with E-state index in [4.69, 9.17) is 11.5 Å². The van der Waals surface area contributed by atoms with E-state index < -0.39 is 4.92 Å². The Bertz CT molecular complexity index is 478. The van der Waals surface area contributed by atoms with Gasteiger partial charge in [0.05, 0.1) is 4.92 Å². The van der Waals surface area contributed by atoms with E-state index >= 15 is 0 Å². The lowest BCUT2D eigenvalue weighted by molar-refractivity contribution is -0.385. The van der Waals surface area contributed by atoms with Crippen LogP contribution in [0.25, 0.3) is 0 Å². The number of hydrogen-bond acceptors (Lipinski definition) is 7. The van der Waals surface area contributed by atoms with Crippen molar-refractivity contribution in [2.24, 2.45) is 0 Å². The Hall–Kier alpha value is -1.96. The summed E-state index contributed by atoms with van der Waals surface area (Å²) in [6, 6.07) is 0. The summed E-state index contributed by atoms with van der Waals surface area (Å²) in [6.07, 6.45) is 5.78. The van der Waals surface area contributed by atoms with E-state index in [-0.39, 0.29) is 17.5 Å². The van der Waals surface area contributed by atoms with Crippen LogP contribution < -0.4 is 11.5 Å². The highest BCUT2D eigenvalue weighted by molar-refractivity contribution is 5.57. The second kappa shape index (κ2) is 8.35. The first-order chi connectivity index (χ1) is 9.91. The Kier molecular flexibility index (Phi) is 6.80. The van der Waals surface area contributed by atoms with Gasteiger partial charge in [0.2, 0.25) is 11.8 Å². The Morgan fingerprint density at radius 2 is 1.71 bits per heavy atom. The molecule has 1 aromatic rings. The summed E-state index contributed by atoms with van der Waals surface area (Å²) in [5.41, 5.74) is 11.2. The van der Waals surface area contributed by atoms with Gasteiger partial charge in [-0.05, 0) is 39.9 Å². The molecule has 0 amide bonds. The standard InChI is InChI=1S/C13H24N6O2/c1-18(2)9-7-5-3-4-6-8-10-11(19(20)21)12(14)17-13(15)16-10/h3-9H2,1-2H3,(H4,14,15,16,17). The minimum atomic E-state index is -0.540. The number of anilines is 2. The molecule has 0 atom stereocenters. The Labute approximate surface area is 124 Å². The van der Waals surface area contributed by atoms with Crippen molar-refractivity contribution in [3.05, 3.63) is 15.8 Å². The molecule has 0 aliphatic carbocycles. The summed E-state index contributed by atoms with van der Waals surface area (Å²) in [4.78, 5) is 20.2. The fourth-order valence-electron chi connectivity index (χ4n) is 2.16. The molecule has 4 N–H and O–H groups in total. The summed E-state index contributed by atoms with van der Waals surface area (Å²) in [5.74, 6) is -0.174. The molecule has 0 unspecified atom stereocenters. The second-order valence-corrected chi connectivity index (χ2v) is 5.34. The lowest BCUT2D eigenvalue weighted by atomic mass is 10.1. The number of unbranched alkanes of at least 4 members (excludes halogenated alkanes) is 4. The van der Waals surface area contributed by atoms with E-state index in [2.05, 4.69) is 29.0 Å². The van der Waals surface area contributed by atoms with E-state index in [1.54, 1.807) is 0 Å². The van der Waals surface area contributed by atoms with Gasteiger partial charge in [-0.2, -0.15) is 4.98 Å². The average molecular weight is 296 g/mol. The zero-order valence-electron chi connectivity index (χ0n) is 12.7. The smallest absolute Gasteiger partial charge is 0.332 e. The molecule has 1 aromatic heterocycles. The highest BCUT2D eigenvalue weighted by Crippen LogP contribution is 2.25. The monoisotopic (exact) mass is 296 g/mol. The Morgan fingerprint density at radius 1 is 1.10 bits per heavy atom. The average Bonchev–Trinajstić information content (AvgIpc) is 2.35. The van der Waals surface area contributed by atoms with E-state index in [1.807, 2.05) is 0 Å². The zero-order valence-corrected chi connectivity index (χ0v) is 12.7. The van der Waals surface area contributed by atoms with Crippen molar-refractivity contribution in [2.45, 2.75) is 38.5 Å². The molecule has 0 bridgehead atoms. The van der Waals surface area contributed by atoms with Crippen LogP contribution >= 0.6 is 0 Å². The van der Waals surface area contributed by atoms with Crippen molar-refractivity contribution in [1.82, 2.24) is 14.9 Å². The number of nitrogen functional groups attached to an aromatic ring is 2. The summed E-state index contributed by atoms with van der Waals surface area (Å²) in [7, 11) is 4.12. The van der Waals surface area contributed by atoms with E-state index in [0.29, 0.717) is 12.1 Å². The highest BCUT2D eigenvalue weighted by atomic mass is 16.6. The minimum absolute atomic E-state index is 0.0147. The van der Waals surface area contributed by atoms with E-state index in [9.17, 15) is 10.1 Å². The van der Waals surface area contributed by atoms with E-state index in [1.165, 1.54) is 6.42 Å². The summed E-state index contributed by atoms with van der Waals surface area (Å²) in [5, 5.41) is 11.0. The van der Waals surface area contributed by atoms with Crippen molar-refractivity contribution in [3.8, 4) is 0 Å². The van der Waals surface area contributed by atoms with Crippen LogP contribution in [0.4, 0.5) is 17.5 Å². The number of nitrogens with two attached hydrogens (primary N) is 2. The SMILES string of the molecule is CN(C)CCCCCCCc1nc(N)nc(N)c1[N+](=O)[O-]. The fourth-order valence-corrected chi connectivity index (χ4v) is 2.16. The molecule has 0 aromatic carbocycles. The van der Waals surface area contributed by atoms with Gasteiger partial charge in [-0.25, -0.2) is 4.98 Å². The Morgan fingerprint density at radius 3 is 2.33 bits per heavy atom. The van der Waals surface area contributed by atoms with Gasteiger partial charge < -0.3 is 16.4 Å². The summed E-state index contributed by atoms with van der Waals surface area (Å²) >= 11 is 0. The van der Waals surface area contributed by atoms with Crippen LogP contribution in [0.3, 0.4) is 0 Å². The summed E-state index contributed by atoms with van der Waals surface area (Å²) < 4.78 is 0. The molecule has 0 saturated carbocycles. The third kappa shape index (κ3) is 5.90. The van der Waals surface area contributed by atoms with Crippen LogP contribution in [0.15, 0.2) is 0 Å². The molecular weight excluding hydrogens is 272 g/mol. The van der Waals surface area contributed by atoms with Gasteiger partial charge in [0.15, 0.2) is 0 Å². The molecule has 0 fully saturated rings. The normalized spacial score (nSPS) is 11.0. The van der Waals surface area contributed by atoms with Crippen molar-refractivity contribution < 1.29 is 4.92 Å². The first-order valence-corrected chi connectivity index (χ1v) is 7.12. The number of aryl methyl sites for hydroxylation is 1. The predicted octanol–water partition coefficient (Wildman–Crippen LogP) is 1.60. The quantitative estimate of drug-likeness (QED) is 0.403. The third-order valence-corrected chi connectivity index (χ3v) is 3.20. The second-order valence-electron chi connectivity index (χ2n) is 5.34. The molecule has 0 saturated heterocycles. The van der Waals surface area contributed by atoms with Crippen molar-refractivity contribution in [2.75, 3.05) is 32.1 Å². The number of nitro groups is 1. The minimum Gasteiger partial charge on any atom is -0.378 e.